The number of aromatic nitrogens is 2. The highest BCUT2D eigenvalue weighted by molar-refractivity contribution is 5.95. The Hall–Kier alpha value is -1.57. The van der Waals surface area contributed by atoms with E-state index < -0.39 is 24.6 Å². The molecule has 130 valence electrons. The van der Waals surface area contributed by atoms with Gasteiger partial charge in [0.15, 0.2) is 5.60 Å². The van der Waals surface area contributed by atoms with E-state index in [2.05, 4.69) is 5.10 Å². The molecule has 0 aromatic carbocycles. The normalized spacial score (nSPS) is 19.0. The smallest absolute Gasteiger partial charge is 0.380 e. The highest BCUT2D eigenvalue weighted by Gasteiger charge is 2.55. The van der Waals surface area contributed by atoms with E-state index in [1.54, 1.807) is 13.2 Å². The molecule has 23 heavy (non-hydrogen) atoms. The molecule has 5 nitrogen and oxygen atoms in total. The predicted molar refractivity (Wildman–Crippen MR) is 78.1 cm³/mol. The third-order valence-electron chi connectivity index (χ3n) is 4.18. The number of carbonyl (C=O) groups excluding carboxylic acids is 1. The summed E-state index contributed by atoms with van der Waals surface area (Å²) < 4.78 is 40.0. The van der Waals surface area contributed by atoms with E-state index in [0.29, 0.717) is 11.3 Å². The number of hydrogen-bond donors (Lipinski definition) is 1. The van der Waals surface area contributed by atoms with Gasteiger partial charge in [0.2, 0.25) is 0 Å². The molecule has 1 aromatic heterocycles. The number of carbonyl (C=O) groups is 1. The van der Waals surface area contributed by atoms with E-state index in [1.807, 2.05) is 20.8 Å². The minimum absolute atomic E-state index is 0.132. The molecule has 1 aromatic rings. The molecular weight excluding hydrogens is 311 g/mol. The molecule has 0 saturated carbocycles. The van der Waals surface area contributed by atoms with Crippen LogP contribution >= 0.6 is 0 Å². The van der Waals surface area contributed by atoms with E-state index in [-0.39, 0.29) is 24.4 Å². The van der Waals surface area contributed by atoms with Crippen molar-refractivity contribution in [2.45, 2.75) is 50.8 Å². The Kier molecular flexibility index (Phi) is 4.26. The van der Waals surface area contributed by atoms with Gasteiger partial charge in [0, 0.05) is 44.6 Å². The van der Waals surface area contributed by atoms with Crippen LogP contribution in [0.25, 0.3) is 0 Å². The number of aryl methyl sites for hydroxylation is 1. The summed E-state index contributed by atoms with van der Waals surface area (Å²) >= 11 is 0. The molecule has 0 aliphatic carbocycles. The van der Waals surface area contributed by atoms with Gasteiger partial charge in [-0.15, -0.1) is 0 Å². The SMILES string of the molecule is Cn1cc(C(=O)N2CCC(O)(C(F)(F)F)CC2)c(C(C)(C)C)n1. The molecule has 1 amide bonds. The van der Waals surface area contributed by atoms with Crippen LogP contribution in [0.5, 0.6) is 0 Å². The molecule has 8 heteroatoms. The molecule has 1 aliphatic heterocycles. The molecule has 0 unspecified atom stereocenters. The average Bonchev–Trinajstić information content (AvgIpc) is 2.80. The van der Waals surface area contributed by atoms with Crippen LogP contribution in [-0.4, -0.2) is 50.6 Å². The Morgan fingerprint density at radius 1 is 1.26 bits per heavy atom. The Morgan fingerprint density at radius 2 is 1.78 bits per heavy atom. The fourth-order valence-electron chi connectivity index (χ4n) is 2.73. The van der Waals surface area contributed by atoms with Crippen molar-refractivity contribution < 1.29 is 23.1 Å². The summed E-state index contributed by atoms with van der Waals surface area (Å²) in [6, 6.07) is 0. The summed E-state index contributed by atoms with van der Waals surface area (Å²) in [5.41, 5.74) is -2.04. The van der Waals surface area contributed by atoms with Crippen molar-refractivity contribution in [2.75, 3.05) is 13.1 Å². The quantitative estimate of drug-likeness (QED) is 0.857. The third kappa shape index (κ3) is 3.36. The van der Waals surface area contributed by atoms with Crippen molar-refractivity contribution >= 4 is 5.91 Å². The van der Waals surface area contributed by atoms with Crippen molar-refractivity contribution in [1.82, 2.24) is 14.7 Å². The zero-order valence-corrected chi connectivity index (χ0v) is 13.7. The van der Waals surface area contributed by atoms with Crippen LogP contribution in [0.3, 0.4) is 0 Å². The van der Waals surface area contributed by atoms with Crippen molar-refractivity contribution in [3.8, 4) is 0 Å². The minimum atomic E-state index is -4.67. The number of nitrogens with zero attached hydrogens (tertiary/aromatic N) is 3. The van der Waals surface area contributed by atoms with Gasteiger partial charge >= 0.3 is 6.18 Å². The lowest BCUT2D eigenvalue weighted by atomic mass is 9.88. The second-order valence-electron chi connectivity index (χ2n) is 7.14. The lowest BCUT2D eigenvalue weighted by Crippen LogP contribution is -2.54. The predicted octanol–water partition coefficient (Wildman–Crippen LogP) is 2.25. The molecular formula is C15H22F3N3O2. The van der Waals surface area contributed by atoms with Gasteiger partial charge in [-0.1, -0.05) is 20.8 Å². The van der Waals surface area contributed by atoms with E-state index in [9.17, 15) is 23.1 Å². The molecule has 0 bridgehead atoms. The molecule has 1 saturated heterocycles. The first-order chi connectivity index (χ1) is 10.3. The van der Waals surface area contributed by atoms with E-state index >= 15 is 0 Å². The molecule has 0 radical (unpaired) electrons. The first-order valence-electron chi connectivity index (χ1n) is 7.48. The standard InChI is InChI=1S/C15H22F3N3O2/c1-13(2,3)11-10(9-20(4)19-11)12(22)21-7-5-14(23,6-8-21)15(16,17)18/h9,23H,5-8H2,1-4H3. The van der Waals surface area contributed by atoms with Crippen molar-refractivity contribution in [1.29, 1.82) is 0 Å². The van der Waals surface area contributed by atoms with Crippen LogP contribution < -0.4 is 0 Å². The summed E-state index contributed by atoms with van der Waals surface area (Å²) in [5, 5.41) is 14.0. The third-order valence-corrected chi connectivity index (χ3v) is 4.18. The van der Waals surface area contributed by atoms with Gasteiger partial charge in [0.25, 0.3) is 5.91 Å². The lowest BCUT2D eigenvalue weighted by molar-refractivity contribution is -0.271. The summed E-state index contributed by atoms with van der Waals surface area (Å²) in [6.45, 7) is 5.50. The van der Waals surface area contributed by atoms with E-state index in [0.717, 1.165) is 0 Å². The van der Waals surface area contributed by atoms with Gasteiger partial charge in [0.1, 0.15) is 0 Å². The molecule has 0 atom stereocenters. The number of halogens is 3. The Bertz CT molecular complexity index is 594. The molecule has 2 rings (SSSR count). The van der Waals surface area contributed by atoms with Gasteiger partial charge in [-0.05, 0) is 0 Å². The number of alkyl halides is 3. The summed E-state index contributed by atoms with van der Waals surface area (Å²) in [5.74, 6) is -0.341. The van der Waals surface area contributed by atoms with Gasteiger partial charge < -0.3 is 10.0 Å². The van der Waals surface area contributed by atoms with Crippen molar-refractivity contribution in [3.63, 3.8) is 0 Å². The molecule has 1 aliphatic rings. The number of likely N-dealkylation sites (tertiary alicyclic amines) is 1. The minimum Gasteiger partial charge on any atom is -0.380 e. The number of rotatable bonds is 1. The summed E-state index contributed by atoms with van der Waals surface area (Å²) in [7, 11) is 1.70. The number of amides is 1. The van der Waals surface area contributed by atoms with Crippen LogP contribution in [-0.2, 0) is 12.5 Å². The molecule has 0 spiro atoms. The van der Waals surface area contributed by atoms with Crippen LogP contribution in [0, 0.1) is 0 Å². The Balaban J connectivity index is 2.19. The number of aliphatic hydroxyl groups is 1. The highest BCUT2D eigenvalue weighted by atomic mass is 19.4. The second-order valence-corrected chi connectivity index (χ2v) is 7.14. The number of piperidine rings is 1. The van der Waals surface area contributed by atoms with Crippen LogP contribution in [0.4, 0.5) is 13.2 Å². The largest absolute Gasteiger partial charge is 0.417 e. The first-order valence-corrected chi connectivity index (χ1v) is 7.48. The Labute approximate surface area is 133 Å². The number of hydrogen-bond acceptors (Lipinski definition) is 3. The Morgan fingerprint density at radius 3 is 2.22 bits per heavy atom. The maximum atomic E-state index is 12.8. The van der Waals surface area contributed by atoms with Gasteiger partial charge in [-0.25, -0.2) is 0 Å². The lowest BCUT2D eigenvalue weighted by Gasteiger charge is -2.39. The molecule has 1 fully saturated rings. The average molecular weight is 333 g/mol. The maximum Gasteiger partial charge on any atom is 0.417 e. The van der Waals surface area contributed by atoms with E-state index in [4.69, 9.17) is 0 Å². The van der Waals surface area contributed by atoms with Gasteiger partial charge in [-0.3, -0.25) is 9.48 Å². The van der Waals surface area contributed by atoms with Crippen molar-refractivity contribution in [3.05, 3.63) is 17.5 Å². The van der Waals surface area contributed by atoms with Gasteiger partial charge in [0.05, 0.1) is 11.3 Å². The van der Waals surface area contributed by atoms with Crippen LogP contribution in [0.15, 0.2) is 6.20 Å². The molecule has 1 N–H and O–H groups in total. The topological polar surface area (TPSA) is 58.4 Å². The van der Waals surface area contributed by atoms with Crippen LogP contribution in [0.1, 0.15) is 49.7 Å². The zero-order valence-electron chi connectivity index (χ0n) is 13.7. The summed E-state index contributed by atoms with van der Waals surface area (Å²) in [4.78, 5) is 14.0. The monoisotopic (exact) mass is 333 g/mol. The second kappa shape index (κ2) is 5.51. The zero-order chi connectivity index (χ0) is 17.6. The highest BCUT2D eigenvalue weighted by Crippen LogP contribution is 2.38. The fourth-order valence-corrected chi connectivity index (χ4v) is 2.73. The fraction of sp³-hybridized carbons (Fsp3) is 0.733. The first kappa shape index (κ1) is 17.8. The molecule has 2 heterocycles. The van der Waals surface area contributed by atoms with E-state index in [1.165, 1.54) is 9.58 Å². The van der Waals surface area contributed by atoms with Gasteiger partial charge in [-0.2, -0.15) is 18.3 Å². The van der Waals surface area contributed by atoms with Crippen LogP contribution in [0.2, 0.25) is 0 Å². The summed E-state index contributed by atoms with van der Waals surface area (Å²) in [6.07, 6.45) is -4.10. The maximum absolute atomic E-state index is 12.8. The van der Waals surface area contributed by atoms with Crippen molar-refractivity contribution in [2.24, 2.45) is 7.05 Å².